The largest absolute Gasteiger partial charge is 0.481 e. The minimum absolute atomic E-state index is 0.112. The summed E-state index contributed by atoms with van der Waals surface area (Å²) in [6, 6.07) is 6.02. The van der Waals surface area contributed by atoms with E-state index in [2.05, 4.69) is 5.32 Å². The van der Waals surface area contributed by atoms with E-state index in [0.29, 0.717) is 6.54 Å². The smallest absolute Gasteiger partial charge is 0.305 e. The van der Waals surface area contributed by atoms with Crippen LogP contribution in [0.5, 0.6) is 0 Å². The summed E-state index contributed by atoms with van der Waals surface area (Å²) < 4.78 is 0. The number of nitro benzene ring substituents is 1. The van der Waals surface area contributed by atoms with Crippen LogP contribution < -0.4 is 5.32 Å². The van der Waals surface area contributed by atoms with Gasteiger partial charge in [-0.2, -0.15) is 0 Å². The first-order chi connectivity index (χ1) is 9.95. The van der Waals surface area contributed by atoms with Crippen LogP contribution >= 0.6 is 0 Å². The van der Waals surface area contributed by atoms with Gasteiger partial charge in [0.1, 0.15) is 5.69 Å². The molecule has 0 saturated heterocycles. The maximum atomic E-state index is 11.9. The number of anilines is 1. The minimum Gasteiger partial charge on any atom is -0.481 e. The maximum absolute atomic E-state index is 11.9. The SMILES string of the molecule is CCN(CCC(=O)O)C(=O)CNc1ccccc1[N+](=O)[O-]. The fraction of sp³-hybridized carbons (Fsp3) is 0.385. The Morgan fingerprint density at radius 2 is 2.05 bits per heavy atom. The summed E-state index contributed by atoms with van der Waals surface area (Å²) in [6.45, 7) is 2.11. The fourth-order valence-corrected chi connectivity index (χ4v) is 1.75. The molecule has 2 N–H and O–H groups in total. The van der Waals surface area contributed by atoms with Gasteiger partial charge in [-0.3, -0.25) is 19.7 Å². The Morgan fingerprint density at radius 3 is 2.62 bits per heavy atom. The Hall–Kier alpha value is -2.64. The molecule has 8 nitrogen and oxygen atoms in total. The van der Waals surface area contributed by atoms with E-state index in [1.807, 2.05) is 0 Å². The van der Waals surface area contributed by atoms with Crippen LogP contribution in [0.15, 0.2) is 24.3 Å². The van der Waals surface area contributed by atoms with Gasteiger partial charge in [0.2, 0.25) is 5.91 Å². The van der Waals surface area contributed by atoms with Gasteiger partial charge in [-0.15, -0.1) is 0 Å². The second kappa shape index (κ2) is 7.83. The molecule has 1 aromatic carbocycles. The van der Waals surface area contributed by atoms with Crippen molar-refractivity contribution in [3.63, 3.8) is 0 Å². The molecular weight excluding hydrogens is 278 g/mol. The highest BCUT2D eigenvalue weighted by atomic mass is 16.6. The molecule has 114 valence electrons. The summed E-state index contributed by atoms with van der Waals surface area (Å²) in [5, 5.41) is 22.2. The van der Waals surface area contributed by atoms with Crippen molar-refractivity contribution in [1.29, 1.82) is 0 Å². The monoisotopic (exact) mass is 295 g/mol. The van der Waals surface area contributed by atoms with E-state index >= 15 is 0 Å². The maximum Gasteiger partial charge on any atom is 0.305 e. The Balaban J connectivity index is 2.63. The standard InChI is InChI=1S/C13H17N3O5/c1-2-15(8-7-13(18)19)12(17)9-14-10-5-3-4-6-11(10)16(20)21/h3-6,14H,2,7-9H2,1H3,(H,18,19). The second-order valence-corrected chi connectivity index (χ2v) is 4.24. The van der Waals surface area contributed by atoms with Crippen molar-refractivity contribution in [2.75, 3.05) is 25.0 Å². The number of amides is 1. The summed E-state index contributed by atoms with van der Waals surface area (Å²) in [5.41, 5.74) is 0.143. The molecule has 1 rings (SSSR count). The summed E-state index contributed by atoms with van der Waals surface area (Å²) >= 11 is 0. The number of para-hydroxylation sites is 2. The van der Waals surface area contributed by atoms with Crippen LogP contribution in [0.3, 0.4) is 0 Å². The molecular formula is C13H17N3O5. The average molecular weight is 295 g/mol. The van der Waals surface area contributed by atoms with E-state index < -0.39 is 10.9 Å². The van der Waals surface area contributed by atoms with Gasteiger partial charge < -0.3 is 15.3 Å². The molecule has 0 radical (unpaired) electrons. The van der Waals surface area contributed by atoms with Gasteiger partial charge in [-0.25, -0.2) is 0 Å². The number of hydrogen-bond acceptors (Lipinski definition) is 5. The van der Waals surface area contributed by atoms with Gasteiger partial charge in [0, 0.05) is 19.2 Å². The first-order valence-corrected chi connectivity index (χ1v) is 6.42. The van der Waals surface area contributed by atoms with Crippen molar-refractivity contribution in [1.82, 2.24) is 4.90 Å². The van der Waals surface area contributed by atoms with Gasteiger partial charge >= 0.3 is 5.97 Å². The molecule has 8 heteroatoms. The number of rotatable bonds is 8. The van der Waals surface area contributed by atoms with Gasteiger partial charge in [0.25, 0.3) is 5.69 Å². The lowest BCUT2D eigenvalue weighted by atomic mass is 10.2. The number of carboxylic acid groups (broad SMARTS) is 1. The van der Waals surface area contributed by atoms with Crippen LogP contribution in [0.1, 0.15) is 13.3 Å². The van der Waals surface area contributed by atoms with Crippen LogP contribution in [0.4, 0.5) is 11.4 Å². The van der Waals surface area contributed by atoms with E-state index in [0.717, 1.165) is 0 Å². The molecule has 0 saturated carbocycles. The quantitative estimate of drug-likeness (QED) is 0.552. The molecule has 0 spiro atoms. The number of carboxylic acids is 1. The molecule has 21 heavy (non-hydrogen) atoms. The zero-order valence-corrected chi connectivity index (χ0v) is 11.6. The number of likely N-dealkylation sites (N-methyl/N-ethyl adjacent to an activating group) is 1. The number of carbonyl (C=O) groups excluding carboxylic acids is 1. The molecule has 1 amide bonds. The number of hydrogen-bond donors (Lipinski definition) is 2. The molecule has 0 heterocycles. The van der Waals surface area contributed by atoms with Crippen molar-refractivity contribution in [2.24, 2.45) is 0 Å². The Morgan fingerprint density at radius 1 is 1.38 bits per heavy atom. The van der Waals surface area contributed by atoms with E-state index in [9.17, 15) is 19.7 Å². The third-order valence-electron chi connectivity index (χ3n) is 2.86. The van der Waals surface area contributed by atoms with Crippen LogP contribution in [0, 0.1) is 10.1 Å². The Kier molecular flexibility index (Phi) is 6.12. The molecule has 0 aliphatic carbocycles. The first kappa shape index (κ1) is 16.4. The number of carbonyl (C=O) groups is 2. The lowest BCUT2D eigenvalue weighted by Crippen LogP contribution is -2.37. The summed E-state index contributed by atoms with van der Waals surface area (Å²) in [7, 11) is 0. The number of aliphatic carboxylic acids is 1. The van der Waals surface area contributed by atoms with Crippen LogP contribution in [0.2, 0.25) is 0 Å². The second-order valence-electron chi connectivity index (χ2n) is 4.24. The van der Waals surface area contributed by atoms with Crippen LogP contribution in [-0.4, -0.2) is 46.4 Å². The van der Waals surface area contributed by atoms with E-state index in [-0.39, 0.29) is 36.8 Å². The van der Waals surface area contributed by atoms with Crippen LogP contribution in [0.25, 0.3) is 0 Å². The Labute approximate surface area is 121 Å². The lowest BCUT2D eigenvalue weighted by Gasteiger charge is -2.20. The predicted octanol–water partition coefficient (Wildman–Crippen LogP) is 1.33. The molecule has 0 bridgehead atoms. The van der Waals surface area contributed by atoms with E-state index in [1.165, 1.54) is 23.1 Å². The summed E-state index contributed by atoms with van der Waals surface area (Å²) in [5.74, 6) is -1.29. The first-order valence-electron chi connectivity index (χ1n) is 6.42. The number of nitro groups is 1. The Bertz CT molecular complexity index is 532. The third kappa shape index (κ3) is 5.09. The number of benzene rings is 1. The molecule has 0 aliphatic heterocycles. The molecule has 0 unspecified atom stereocenters. The predicted molar refractivity (Wildman–Crippen MR) is 76.1 cm³/mol. The molecule has 0 aromatic heterocycles. The van der Waals surface area contributed by atoms with Gasteiger partial charge in [-0.05, 0) is 13.0 Å². The third-order valence-corrected chi connectivity index (χ3v) is 2.86. The van der Waals surface area contributed by atoms with Gasteiger partial charge in [-0.1, -0.05) is 12.1 Å². The van der Waals surface area contributed by atoms with Gasteiger partial charge in [0.05, 0.1) is 17.9 Å². The highest BCUT2D eigenvalue weighted by Gasteiger charge is 2.16. The summed E-state index contributed by atoms with van der Waals surface area (Å²) in [4.78, 5) is 34.1. The van der Waals surface area contributed by atoms with E-state index in [1.54, 1.807) is 13.0 Å². The van der Waals surface area contributed by atoms with Crippen LogP contribution in [-0.2, 0) is 9.59 Å². The molecule has 1 aromatic rings. The highest BCUT2D eigenvalue weighted by Crippen LogP contribution is 2.22. The summed E-state index contributed by atoms with van der Waals surface area (Å²) in [6.07, 6.45) is -0.134. The van der Waals surface area contributed by atoms with Crippen molar-refractivity contribution in [2.45, 2.75) is 13.3 Å². The van der Waals surface area contributed by atoms with E-state index in [4.69, 9.17) is 5.11 Å². The molecule has 0 fully saturated rings. The normalized spacial score (nSPS) is 9.95. The average Bonchev–Trinajstić information content (AvgIpc) is 2.45. The fourth-order valence-electron chi connectivity index (χ4n) is 1.75. The molecule has 0 aliphatic rings. The topological polar surface area (TPSA) is 113 Å². The number of nitrogens with zero attached hydrogens (tertiary/aromatic N) is 2. The minimum atomic E-state index is -0.979. The van der Waals surface area contributed by atoms with Crippen molar-refractivity contribution in [3.05, 3.63) is 34.4 Å². The zero-order valence-electron chi connectivity index (χ0n) is 11.6. The van der Waals surface area contributed by atoms with Crippen molar-refractivity contribution < 1.29 is 19.6 Å². The number of nitrogens with one attached hydrogen (secondary N) is 1. The van der Waals surface area contributed by atoms with Gasteiger partial charge in [0.15, 0.2) is 0 Å². The highest BCUT2D eigenvalue weighted by molar-refractivity contribution is 5.82. The lowest BCUT2D eigenvalue weighted by molar-refractivity contribution is -0.383. The van der Waals surface area contributed by atoms with Crippen molar-refractivity contribution >= 4 is 23.3 Å². The zero-order chi connectivity index (χ0) is 15.8. The van der Waals surface area contributed by atoms with Crippen molar-refractivity contribution in [3.8, 4) is 0 Å². The molecule has 0 atom stereocenters.